The van der Waals surface area contributed by atoms with Crippen LogP contribution in [-0.2, 0) is 12.8 Å². The zero-order valence-electron chi connectivity index (χ0n) is 10.1. The molecule has 2 heterocycles. The van der Waals surface area contributed by atoms with Crippen LogP contribution < -0.4 is 0 Å². The van der Waals surface area contributed by atoms with Gasteiger partial charge in [0.05, 0.1) is 23.8 Å². The number of hydrogen-bond acceptors (Lipinski definition) is 4. The van der Waals surface area contributed by atoms with E-state index in [1.807, 2.05) is 32.0 Å². The average molecular weight is 232 g/mol. The Balaban J connectivity index is 2.23. The number of nitrogens with zero attached hydrogens (tertiary/aromatic N) is 2. The maximum Gasteiger partial charge on any atom is 0.106 e. The van der Waals surface area contributed by atoms with Gasteiger partial charge in [-0.25, -0.2) is 0 Å². The van der Waals surface area contributed by atoms with E-state index >= 15 is 0 Å². The summed E-state index contributed by atoms with van der Waals surface area (Å²) in [6.45, 7) is 3.87. The van der Waals surface area contributed by atoms with Crippen molar-refractivity contribution < 1.29 is 9.52 Å². The Labute approximate surface area is 100 Å². The van der Waals surface area contributed by atoms with E-state index in [4.69, 9.17) is 4.42 Å². The van der Waals surface area contributed by atoms with Crippen LogP contribution in [0.5, 0.6) is 0 Å². The maximum atomic E-state index is 10.2. The molecular weight excluding hydrogens is 216 g/mol. The fourth-order valence-electron chi connectivity index (χ4n) is 1.83. The minimum absolute atomic E-state index is 0.463. The standard InChI is InChI=1S/C13H16N2O2/c1-3-12-11(7-9(2)14-15-12)13(16)8-10-5-4-6-17-10/h4-7,13,16H,3,8H2,1-2H3. The van der Waals surface area contributed by atoms with Crippen LogP contribution >= 0.6 is 0 Å². The van der Waals surface area contributed by atoms with Crippen LogP contribution in [0.1, 0.15) is 35.7 Å². The molecule has 2 aromatic rings. The molecule has 0 radical (unpaired) electrons. The van der Waals surface area contributed by atoms with E-state index in [0.29, 0.717) is 6.42 Å². The van der Waals surface area contributed by atoms with Crippen LogP contribution in [0.3, 0.4) is 0 Å². The van der Waals surface area contributed by atoms with E-state index in [1.54, 1.807) is 6.26 Å². The summed E-state index contributed by atoms with van der Waals surface area (Å²) in [5.74, 6) is 0.772. The smallest absolute Gasteiger partial charge is 0.106 e. The first-order valence-electron chi connectivity index (χ1n) is 5.74. The van der Waals surface area contributed by atoms with E-state index in [2.05, 4.69) is 10.2 Å². The molecule has 0 aromatic carbocycles. The van der Waals surface area contributed by atoms with Gasteiger partial charge in [0.15, 0.2) is 0 Å². The van der Waals surface area contributed by atoms with Gasteiger partial charge in [0.2, 0.25) is 0 Å². The Hall–Kier alpha value is -1.68. The molecule has 90 valence electrons. The van der Waals surface area contributed by atoms with E-state index < -0.39 is 6.10 Å². The fraction of sp³-hybridized carbons (Fsp3) is 0.385. The summed E-state index contributed by atoms with van der Waals surface area (Å²) in [6, 6.07) is 5.56. The third-order valence-electron chi connectivity index (χ3n) is 2.69. The van der Waals surface area contributed by atoms with Crippen molar-refractivity contribution >= 4 is 0 Å². The van der Waals surface area contributed by atoms with Crippen LogP contribution in [0.15, 0.2) is 28.9 Å². The Morgan fingerprint density at radius 3 is 2.88 bits per heavy atom. The van der Waals surface area contributed by atoms with Crippen molar-refractivity contribution in [3.05, 3.63) is 47.2 Å². The van der Waals surface area contributed by atoms with Crippen molar-refractivity contribution in [1.29, 1.82) is 0 Å². The van der Waals surface area contributed by atoms with Gasteiger partial charge in [0.1, 0.15) is 5.76 Å². The molecule has 4 nitrogen and oxygen atoms in total. The molecule has 0 aliphatic carbocycles. The van der Waals surface area contributed by atoms with Gasteiger partial charge in [-0.1, -0.05) is 6.92 Å². The number of aryl methyl sites for hydroxylation is 2. The highest BCUT2D eigenvalue weighted by Gasteiger charge is 2.15. The van der Waals surface area contributed by atoms with Gasteiger partial charge in [-0.15, -0.1) is 0 Å². The molecule has 17 heavy (non-hydrogen) atoms. The van der Waals surface area contributed by atoms with Gasteiger partial charge in [-0.05, 0) is 31.5 Å². The lowest BCUT2D eigenvalue weighted by Gasteiger charge is -2.13. The SMILES string of the molecule is CCc1nnc(C)cc1C(O)Cc1ccco1. The molecule has 0 amide bonds. The zero-order valence-corrected chi connectivity index (χ0v) is 10.1. The van der Waals surface area contributed by atoms with Gasteiger partial charge in [-0.2, -0.15) is 10.2 Å². The van der Waals surface area contributed by atoms with Crippen molar-refractivity contribution in [3.63, 3.8) is 0 Å². The zero-order chi connectivity index (χ0) is 12.3. The second kappa shape index (κ2) is 5.10. The number of aromatic nitrogens is 2. The van der Waals surface area contributed by atoms with Gasteiger partial charge in [0.25, 0.3) is 0 Å². The van der Waals surface area contributed by atoms with E-state index in [9.17, 15) is 5.11 Å². The van der Waals surface area contributed by atoms with Crippen molar-refractivity contribution in [2.24, 2.45) is 0 Å². The second-order valence-electron chi connectivity index (χ2n) is 4.04. The number of furan rings is 1. The molecule has 0 aliphatic heterocycles. The molecular formula is C13H16N2O2. The first-order valence-corrected chi connectivity index (χ1v) is 5.74. The molecule has 0 bridgehead atoms. The molecule has 0 saturated heterocycles. The number of hydrogen-bond donors (Lipinski definition) is 1. The van der Waals surface area contributed by atoms with Crippen LogP contribution in [0.2, 0.25) is 0 Å². The van der Waals surface area contributed by atoms with Crippen molar-refractivity contribution in [3.8, 4) is 0 Å². The third kappa shape index (κ3) is 2.71. The first kappa shape index (κ1) is 11.8. The third-order valence-corrected chi connectivity index (χ3v) is 2.69. The van der Waals surface area contributed by atoms with Crippen molar-refractivity contribution in [2.45, 2.75) is 32.8 Å². The Bertz CT molecular complexity index is 480. The maximum absolute atomic E-state index is 10.2. The van der Waals surface area contributed by atoms with Gasteiger partial charge in [-0.3, -0.25) is 0 Å². The predicted molar refractivity (Wildman–Crippen MR) is 63.5 cm³/mol. The van der Waals surface area contributed by atoms with Crippen LogP contribution in [0.25, 0.3) is 0 Å². The number of aliphatic hydroxyl groups excluding tert-OH is 1. The first-order chi connectivity index (χ1) is 8.20. The molecule has 2 aromatic heterocycles. The van der Waals surface area contributed by atoms with Gasteiger partial charge < -0.3 is 9.52 Å². The molecule has 1 N–H and O–H groups in total. The Morgan fingerprint density at radius 2 is 2.24 bits per heavy atom. The molecule has 0 aliphatic rings. The van der Waals surface area contributed by atoms with E-state index in [0.717, 1.165) is 29.1 Å². The Kier molecular flexibility index (Phi) is 3.54. The summed E-state index contributed by atoms with van der Waals surface area (Å²) < 4.78 is 5.23. The number of aliphatic hydroxyl groups is 1. The van der Waals surface area contributed by atoms with E-state index in [1.165, 1.54) is 0 Å². The summed E-state index contributed by atoms with van der Waals surface area (Å²) in [4.78, 5) is 0. The molecule has 0 saturated carbocycles. The monoisotopic (exact) mass is 232 g/mol. The second-order valence-corrected chi connectivity index (χ2v) is 4.04. The van der Waals surface area contributed by atoms with E-state index in [-0.39, 0.29) is 0 Å². The highest BCUT2D eigenvalue weighted by Crippen LogP contribution is 2.21. The van der Waals surface area contributed by atoms with Crippen LogP contribution in [0, 0.1) is 6.92 Å². The summed E-state index contributed by atoms with van der Waals surface area (Å²) in [5, 5.41) is 18.3. The van der Waals surface area contributed by atoms with Gasteiger partial charge in [0, 0.05) is 12.0 Å². The molecule has 0 spiro atoms. The fourth-order valence-corrected chi connectivity index (χ4v) is 1.83. The highest BCUT2D eigenvalue weighted by atomic mass is 16.3. The summed E-state index contributed by atoms with van der Waals surface area (Å²) in [6.07, 6.45) is 2.24. The van der Waals surface area contributed by atoms with Crippen molar-refractivity contribution in [2.75, 3.05) is 0 Å². The topological polar surface area (TPSA) is 59.2 Å². The van der Waals surface area contributed by atoms with Crippen LogP contribution in [0.4, 0.5) is 0 Å². The lowest BCUT2D eigenvalue weighted by molar-refractivity contribution is 0.168. The minimum atomic E-state index is -0.592. The number of rotatable bonds is 4. The van der Waals surface area contributed by atoms with Gasteiger partial charge >= 0.3 is 0 Å². The molecule has 1 unspecified atom stereocenters. The summed E-state index contributed by atoms with van der Waals surface area (Å²) in [5.41, 5.74) is 2.50. The highest BCUT2D eigenvalue weighted by molar-refractivity contribution is 5.24. The summed E-state index contributed by atoms with van der Waals surface area (Å²) in [7, 11) is 0. The summed E-state index contributed by atoms with van der Waals surface area (Å²) >= 11 is 0. The molecule has 4 heteroatoms. The lowest BCUT2D eigenvalue weighted by atomic mass is 10.0. The normalized spacial score (nSPS) is 12.6. The largest absolute Gasteiger partial charge is 0.469 e. The minimum Gasteiger partial charge on any atom is -0.469 e. The molecule has 1 atom stereocenters. The average Bonchev–Trinajstić information content (AvgIpc) is 2.81. The van der Waals surface area contributed by atoms with Crippen molar-refractivity contribution in [1.82, 2.24) is 10.2 Å². The van der Waals surface area contributed by atoms with Crippen LogP contribution in [-0.4, -0.2) is 15.3 Å². The lowest BCUT2D eigenvalue weighted by Crippen LogP contribution is -2.08. The quantitative estimate of drug-likeness (QED) is 0.878. The predicted octanol–water partition coefficient (Wildman–Crippen LogP) is 2.22. The molecule has 2 rings (SSSR count). The Morgan fingerprint density at radius 1 is 1.41 bits per heavy atom. The molecule has 0 fully saturated rings.